The van der Waals surface area contributed by atoms with Gasteiger partial charge in [-0.15, -0.1) is 0 Å². The van der Waals surface area contributed by atoms with Crippen molar-refractivity contribution in [2.75, 3.05) is 23.3 Å². The zero-order valence-electron chi connectivity index (χ0n) is 19.9. The molecular formula is C25H30N8O2. The Hall–Kier alpha value is -3.95. The minimum Gasteiger partial charge on any atom is -0.364 e. The number of rotatable bonds is 7. The number of hydrogen-bond donors (Lipinski definition) is 3. The van der Waals surface area contributed by atoms with Gasteiger partial charge >= 0.3 is 0 Å². The third-order valence-corrected chi connectivity index (χ3v) is 6.50. The molecule has 2 aromatic heterocycles. The smallest absolute Gasteiger partial charge is 0.271 e. The number of nitrogens with one attached hydrogen (secondary N) is 2. The molecule has 0 unspecified atom stereocenters. The van der Waals surface area contributed by atoms with Crippen LogP contribution in [0.5, 0.6) is 0 Å². The van der Waals surface area contributed by atoms with Gasteiger partial charge in [-0.3, -0.25) is 14.3 Å². The summed E-state index contributed by atoms with van der Waals surface area (Å²) >= 11 is 0. The van der Waals surface area contributed by atoms with Crippen LogP contribution in [0.25, 0.3) is 0 Å². The van der Waals surface area contributed by atoms with Crippen LogP contribution in [0.15, 0.2) is 42.9 Å². The van der Waals surface area contributed by atoms with E-state index in [2.05, 4.69) is 49.7 Å². The number of aryl methyl sites for hydroxylation is 1. The molecule has 2 aliphatic rings. The number of carbonyl (C=O) groups excluding carboxylic acids is 2. The summed E-state index contributed by atoms with van der Waals surface area (Å²) in [7, 11) is 1.80. The molecule has 1 saturated carbocycles. The molecular weight excluding hydrogens is 444 g/mol. The summed E-state index contributed by atoms with van der Waals surface area (Å²) in [5.74, 6) is 1.15. The second kappa shape index (κ2) is 9.36. The summed E-state index contributed by atoms with van der Waals surface area (Å²) in [6.45, 7) is 3.50. The van der Waals surface area contributed by atoms with Crippen molar-refractivity contribution in [3.8, 4) is 0 Å². The zero-order valence-corrected chi connectivity index (χ0v) is 19.9. The Morgan fingerprint density at radius 3 is 2.54 bits per heavy atom. The Kier molecular flexibility index (Phi) is 6.10. The average molecular weight is 475 g/mol. The maximum absolute atomic E-state index is 12.9. The molecule has 3 aromatic rings. The molecule has 2 atom stereocenters. The molecule has 2 fully saturated rings. The lowest BCUT2D eigenvalue weighted by Gasteiger charge is -2.37. The fourth-order valence-corrected chi connectivity index (χ4v) is 4.66. The first kappa shape index (κ1) is 22.8. The van der Waals surface area contributed by atoms with Gasteiger partial charge in [0.25, 0.3) is 11.8 Å². The van der Waals surface area contributed by atoms with Crippen molar-refractivity contribution in [2.45, 2.75) is 38.1 Å². The second-order valence-electron chi connectivity index (χ2n) is 9.63. The van der Waals surface area contributed by atoms with Crippen LogP contribution >= 0.6 is 0 Å². The number of nitrogens with two attached hydrogens (primary N) is 1. The van der Waals surface area contributed by atoms with E-state index in [1.807, 2.05) is 12.1 Å². The molecule has 5 rings (SSSR count). The standard InChI is InChI=1S/C25H30N8O2/c1-15-9-19(30-25(35)18-7-5-17(6-8-18)16-3-4-16)14-33(12-15)21-11-27-22(23(26)34)24(31-21)29-20-10-28-32(2)13-20/h5-8,10-11,13,15-16,19H,3-4,9,12,14H2,1-2H3,(H2,26,34)(H,29,31)(H,30,35)/t15-,19-/m0/s1. The Morgan fingerprint density at radius 2 is 1.89 bits per heavy atom. The minimum atomic E-state index is -0.666. The quantitative estimate of drug-likeness (QED) is 0.480. The van der Waals surface area contributed by atoms with Crippen LogP contribution in [0.2, 0.25) is 0 Å². The molecule has 10 heteroatoms. The first-order valence-corrected chi connectivity index (χ1v) is 11.9. The van der Waals surface area contributed by atoms with Gasteiger partial charge in [0.2, 0.25) is 0 Å². The van der Waals surface area contributed by atoms with Crippen LogP contribution in [0.4, 0.5) is 17.3 Å². The zero-order chi connectivity index (χ0) is 24.5. The highest BCUT2D eigenvalue weighted by atomic mass is 16.2. The topological polar surface area (TPSA) is 131 Å². The van der Waals surface area contributed by atoms with E-state index in [9.17, 15) is 9.59 Å². The molecule has 4 N–H and O–H groups in total. The first-order valence-electron chi connectivity index (χ1n) is 11.9. The van der Waals surface area contributed by atoms with E-state index in [4.69, 9.17) is 5.73 Å². The van der Waals surface area contributed by atoms with Crippen LogP contribution < -0.4 is 21.3 Å². The Bertz CT molecular complexity index is 1230. The summed E-state index contributed by atoms with van der Waals surface area (Å²) in [6.07, 6.45) is 8.31. The Balaban J connectivity index is 1.31. The predicted octanol–water partition coefficient (Wildman–Crippen LogP) is 2.57. The molecule has 2 amide bonds. The van der Waals surface area contributed by atoms with Crippen LogP contribution in [0.3, 0.4) is 0 Å². The lowest BCUT2D eigenvalue weighted by atomic mass is 9.95. The van der Waals surface area contributed by atoms with Gasteiger partial charge < -0.3 is 21.3 Å². The Labute approximate surface area is 203 Å². The normalized spacial score (nSPS) is 19.9. The number of nitrogens with zero attached hydrogens (tertiary/aromatic N) is 5. The first-order chi connectivity index (χ1) is 16.9. The summed E-state index contributed by atoms with van der Waals surface area (Å²) in [5.41, 5.74) is 8.24. The number of carbonyl (C=O) groups is 2. The van der Waals surface area contributed by atoms with E-state index >= 15 is 0 Å². The van der Waals surface area contributed by atoms with E-state index in [0.717, 1.165) is 13.0 Å². The number of piperidine rings is 1. The van der Waals surface area contributed by atoms with Crippen LogP contribution in [-0.4, -0.2) is 50.7 Å². The third kappa shape index (κ3) is 5.26. The summed E-state index contributed by atoms with van der Waals surface area (Å²) in [5, 5.41) is 10.4. The molecule has 0 radical (unpaired) electrons. The van der Waals surface area contributed by atoms with Crippen molar-refractivity contribution in [2.24, 2.45) is 18.7 Å². The number of aromatic nitrogens is 4. The fourth-order valence-electron chi connectivity index (χ4n) is 4.66. The van der Waals surface area contributed by atoms with Gasteiger partial charge in [0, 0.05) is 37.9 Å². The minimum absolute atomic E-state index is 0.0401. The van der Waals surface area contributed by atoms with Crippen molar-refractivity contribution >= 4 is 29.1 Å². The fraction of sp³-hybridized carbons (Fsp3) is 0.400. The van der Waals surface area contributed by atoms with Crippen molar-refractivity contribution in [1.29, 1.82) is 0 Å². The third-order valence-electron chi connectivity index (χ3n) is 6.50. The lowest BCUT2D eigenvalue weighted by molar-refractivity contribution is 0.0927. The monoisotopic (exact) mass is 474 g/mol. The molecule has 0 bridgehead atoms. The van der Waals surface area contributed by atoms with Gasteiger partial charge in [0.1, 0.15) is 5.82 Å². The largest absolute Gasteiger partial charge is 0.364 e. The number of anilines is 3. The van der Waals surface area contributed by atoms with E-state index in [1.54, 1.807) is 30.3 Å². The number of hydrogen-bond acceptors (Lipinski definition) is 7. The number of benzene rings is 1. The van der Waals surface area contributed by atoms with Crippen LogP contribution in [0.1, 0.15) is 58.5 Å². The van der Waals surface area contributed by atoms with Gasteiger partial charge in [0.05, 0.1) is 18.1 Å². The van der Waals surface area contributed by atoms with Crippen LogP contribution in [-0.2, 0) is 7.05 Å². The molecule has 1 aliphatic heterocycles. The van der Waals surface area contributed by atoms with Crippen molar-refractivity contribution in [3.05, 3.63) is 59.7 Å². The molecule has 35 heavy (non-hydrogen) atoms. The van der Waals surface area contributed by atoms with Crippen molar-refractivity contribution in [3.63, 3.8) is 0 Å². The van der Waals surface area contributed by atoms with E-state index in [0.29, 0.717) is 35.4 Å². The molecule has 1 aliphatic carbocycles. The highest BCUT2D eigenvalue weighted by Gasteiger charge is 2.28. The van der Waals surface area contributed by atoms with Crippen LogP contribution in [0, 0.1) is 5.92 Å². The van der Waals surface area contributed by atoms with Crippen molar-refractivity contribution < 1.29 is 9.59 Å². The summed E-state index contributed by atoms with van der Waals surface area (Å²) < 4.78 is 1.64. The van der Waals surface area contributed by atoms with Crippen molar-refractivity contribution in [1.82, 2.24) is 25.1 Å². The molecule has 3 heterocycles. The van der Waals surface area contributed by atoms with Gasteiger partial charge in [-0.25, -0.2) is 9.97 Å². The molecule has 1 aromatic carbocycles. The molecule has 182 valence electrons. The van der Waals surface area contributed by atoms with Gasteiger partial charge in [-0.1, -0.05) is 19.1 Å². The molecule has 1 saturated heterocycles. The maximum Gasteiger partial charge on any atom is 0.271 e. The molecule has 10 nitrogen and oxygen atoms in total. The second-order valence-corrected chi connectivity index (χ2v) is 9.63. The molecule has 0 spiro atoms. The van der Waals surface area contributed by atoms with E-state index < -0.39 is 5.91 Å². The number of primary amides is 1. The van der Waals surface area contributed by atoms with E-state index in [-0.39, 0.29) is 23.5 Å². The van der Waals surface area contributed by atoms with Gasteiger partial charge in [0.15, 0.2) is 11.5 Å². The Morgan fingerprint density at radius 1 is 1.11 bits per heavy atom. The predicted molar refractivity (Wildman–Crippen MR) is 133 cm³/mol. The summed E-state index contributed by atoms with van der Waals surface area (Å²) in [6, 6.07) is 7.92. The lowest BCUT2D eigenvalue weighted by Crippen LogP contribution is -2.50. The number of amides is 2. The average Bonchev–Trinajstić information content (AvgIpc) is 3.60. The SMILES string of the molecule is C[C@H]1C[C@H](NC(=O)c2ccc(C3CC3)cc2)CN(c2cnc(C(N)=O)c(Nc3cnn(C)c3)n2)C1. The van der Waals surface area contributed by atoms with Gasteiger partial charge in [-0.05, 0) is 48.8 Å². The van der Waals surface area contributed by atoms with E-state index in [1.165, 1.54) is 18.4 Å². The van der Waals surface area contributed by atoms with Gasteiger partial charge in [-0.2, -0.15) is 5.10 Å². The maximum atomic E-state index is 12.9. The summed E-state index contributed by atoms with van der Waals surface area (Å²) in [4.78, 5) is 35.9. The highest BCUT2D eigenvalue weighted by Crippen LogP contribution is 2.39. The highest BCUT2D eigenvalue weighted by molar-refractivity contribution is 5.96.